The second-order valence-electron chi connectivity index (χ2n) is 4.97. The molecule has 1 saturated heterocycles. The van der Waals surface area contributed by atoms with Gasteiger partial charge in [0.1, 0.15) is 0 Å². The normalized spacial score (nSPS) is 19.3. The summed E-state index contributed by atoms with van der Waals surface area (Å²) in [5.41, 5.74) is 2.21. The van der Waals surface area contributed by atoms with Gasteiger partial charge in [-0.2, -0.15) is 11.8 Å². The highest BCUT2D eigenvalue weighted by molar-refractivity contribution is 7.99. The van der Waals surface area contributed by atoms with Crippen molar-refractivity contribution in [3.8, 4) is 5.69 Å². The van der Waals surface area contributed by atoms with Crippen molar-refractivity contribution in [2.45, 2.75) is 25.8 Å². The number of nitrogens with one attached hydrogen (secondary N) is 1. The van der Waals surface area contributed by atoms with Crippen LogP contribution in [0, 0.1) is 6.92 Å². The van der Waals surface area contributed by atoms with E-state index in [1.54, 1.807) is 0 Å². The van der Waals surface area contributed by atoms with Gasteiger partial charge in [0.2, 0.25) is 5.95 Å². The zero-order valence-electron chi connectivity index (χ0n) is 11.2. The lowest BCUT2D eigenvalue weighted by molar-refractivity contribution is 0.677. The van der Waals surface area contributed by atoms with E-state index in [2.05, 4.69) is 45.3 Å². The van der Waals surface area contributed by atoms with Crippen molar-refractivity contribution < 1.29 is 0 Å². The molecule has 19 heavy (non-hydrogen) atoms. The summed E-state index contributed by atoms with van der Waals surface area (Å²) in [6, 6.07) is 10.9. The predicted molar refractivity (Wildman–Crippen MR) is 82.3 cm³/mol. The molecule has 1 aliphatic heterocycles. The average molecular weight is 273 g/mol. The van der Waals surface area contributed by atoms with Crippen LogP contribution >= 0.6 is 11.8 Å². The summed E-state index contributed by atoms with van der Waals surface area (Å²) >= 11 is 2.03. The van der Waals surface area contributed by atoms with Crippen molar-refractivity contribution in [2.75, 3.05) is 16.8 Å². The minimum atomic E-state index is 0.544. The smallest absolute Gasteiger partial charge is 0.207 e. The summed E-state index contributed by atoms with van der Waals surface area (Å²) in [4.78, 5) is 4.62. The van der Waals surface area contributed by atoms with Crippen molar-refractivity contribution in [3.63, 3.8) is 0 Å². The van der Waals surface area contributed by atoms with Crippen LogP contribution in [0.3, 0.4) is 0 Å². The zero-order valence-corrected chi connectivity index (χ0v) is 12.0. The lowest BCUT2D eigenvalue weighted by atomic mass is 10.2. The Labute approximate surface area is 118 Å². The van der Waals surface area contributed by atoms with Crippen LogP contribution in [0.5, 0.6) is 0 Å². The van der Waals surface area contributed by atoms with Crippen molar-refractivity contribution >= 4 is 17.7 Å². The highest BCUT2D eigenvalue weighted by Crippen LogP contribution is 2.22. The molecule has 1 aromatic carbocycles. The molecule has 1 unspecified atom stereocenters. The first-order valence-electron chi connectivity index (χ1n) is 6.78. The van der Waals surface area contributed by atoms with Crippen molar-refractivity contribution in [1.29, 1.82) is 0 Å². The van der Waals surface area contributed by atoms with Gasteiger partial charge in [-0.05, 0) is 37.7 Å². The number of para-hydroxylation sites is 1. The molecule has 0 radical (unpaired) electrons. The quantitative estimate of drug-likeness (QED) is 0.928. The number of aromatic nitrogens is 2. The van der Waals surface area contributed by atoms with E-state index in [4.69, 9.17) is 0 Å². The van der Waals surface area contributed by atoms with E-state index < -0.39 is 0 Å². The standard InChI is InChI=1S/C15H19N3S/c1-12-10-18(14-7-3-2-4-8-14)15(16-12)17-13-6-5-9-19-11-13/h2-4,7-8,10,13H,5-6,9,11H2,1H3,(H,16,17). The fraction of sp³-hybridized carbons (Fsp3) is 0.400. The second kappa shape index (κ2) is 5.70. The topological polar surface area (TPSA) is 29.9 Å². The Hall–Kier alpha value is -1.42. The van der Waals surface area contributed by atoms with Gasteiger partial charge in [-0.25, -0.2) is 4.98 Å². The average Bonchev–Trinajstić information content (AvgIpc) is 2.82. The lowest BCUT2D eigenvalue weighted by Crippen LogP contribution is -2.27. The van der Waals surface area contributed by atoms with Gasteiger partial charge in [0, 0.05) is 23.7 Å². The van der Waals surface area contributed by atoms with Gasteiger partial charge in [-0.15, -0.1) is 0 Å². The molecule has 4 heteroatoms. The van der Waals surface area contributed by atoms with E-state index in [1.807, 2.05) is 24.8 Å². The molecular weight excluding hydrogens is 254 g/mol. The molecule has 1 aliphatic rings. The SMILES string of the molecule is Cc1cn(-c2ccccc2)c(NC2CCCSC2)n1. The minimum absolute atomic E-state index is 0.544. The number of imidazole rings is 1. The van der Waals surface area contributed by atoms with Crippen LogP contribution in [0.4, 0.5) is 5.95 Å². The molecule has 2 heterocycles. The summed E-state index contributed by atoms with van der Waals surface area (Å²) in [6.45, 7) is 2.04. The monoisotopic (exact) mass is 273 g/mol. The highest BCUT2D eigenvalue weighted by Gasteiger charge is 2.16. The van der Waals surface area contributed by atoms with Crippen LogP contribution in [0.1, 0.15) is 18.5 Å². The summed E-state index contributed by atoms with van der Waals surface area (Å²) in [7, 11) is 0. The van der Waals surface area contributed by atoms with Gasteiger partial charge in [0.15, 0.2) is 0 Å². The van der Waals surface area contributed by atoms with Crippen LogP contribution in [-0.2, 0) is 0 Å². The zero-order chi connectivity index (χ0) is 13.1. The maximum absolute atomic E-state index is 4.62. The first kappa shape index (κ1) is 12.6. The fourth-order valence-electron chi connectivity index (χ4n) is 2.42. The maximum Gasteiger partial charge on any atom is 0.207 e. The van der Waals surface area contributed by atoms with E-state index in [0.29, 0.717) is 6.04 Å². The summed E-state index contributed by atoms with van der Waals surface area (Å²) < 4.78 is 2.15. The Morgan fingerprint density at radius 3 is 2.89 bits per heavy atom. The Kier molecular flexibility index (Phi) is 3.78. The first-order valence-corrected chi connectivity index (χ1v) is 7.94. The van der Waals surface area contributed by atoms with Crippen LogP contribution in [-0.4, -0.2) is 27.1 Å². The molecule has 3 rings (SSSR count). The molecule has 1 atom stereocenters. The number of aryl methyl sites for hydroxylation is 1. The van der Waals surface area contributed by atoms with Crippen molar-refractivity contribution in [3.05, 3.63) is 42.2 Å². The first-order chi connectivity index (χ1) is 9.33. The highest BCUT2D eigenvalue weighted by atomic mass is 32.2. The van der Waals surface area contributed by atoms with Crippen LogP contribution in [0.25, 0.3) is 5.69 Å². The molecule has 0 spiro atoms. The Bertz CT molecular complexity index is 530. The Morgan fingerprint density at radius 2 is 2.16 bits per heavy atom. The molecule has 1 aromatic heterocycles. The number of hydrogen-bond donors (Lipinski definition) is 1. The Balaban J connectivity index is 1.85. The van der Waals surface area contributed by atoms with E-state index >= 15 is 0 Å². The fourth-order valence-corrected chi connectivity index (χ4v) is 3.49. The maximum atomic E-state index is 4.62. The molecule has 0 amide bonds. The van der Waals surface area contributed by atoms with E-state index in [0.717, 1.165) is 17.3 Å². The van der Waals surface area contributed by atoms with Crippen LogP contribution < -0.4 is 5.32 Å². The molecule has 3 nitrogen and oxygen atoms in total. The molecule has 1 fully saturated rings. The minimum Gasteiger partial charge on any atom is -0.352 e. The number of benzene rings is 1. The molecule has 100 valence electrons. The van der Waals surface area contributed by atoms with Gasteiger partial charge < -0.3 is 5.32 Å². The van der Waals surface area contributed by atoms with Gasteiger partial charge in [0.05, 0.1) is 5.69 Å². The summed E-state index contributed by atoms with van der Waals surface area (Å²) in [6.07, 6.45) is 4.63. The van der Waals surface area contributed by atoms with Gasteiger partial charge >= 0.3 is 0 Å². The lowest BCUT2D eigenvalue weighted by Gasteiger charge is -2.23. The van der Waals surface area contributed by atoms with Gasteiger partial charge in [-0.1, -0.05) is 18.2 Å². The van der Waals surface area contributed by atoms with Crippen LogP contribution in [0.15, 0.2) is 36.5 Å². The summed E-state index contributed by atoms with van der Waals surface area (Å²) in [5.74, 6) is 3.45. The summed E-state index contributed by atoms with van der Waals surface area (Å²) in [5, 5.41) is 3.60. The molecule has 0 saturated carbocycles. The second-order valence-corrected chi connectivity index (χ2v) is 6.12. The van der Waals surface area contributed by atoms with E-state index in [-0.39, 0.29) is 0 Å². The number of thioether (sulfide) groups is 1. The number of anilines is 1. The molecule has 0 aliphatic carbocycles. The van der Waals surface area contributed by atoms with Crippen molar-refractivity contribution in [2.24, 2.45) is 0 Å². The third kappa shape index (κ3) is 2.95. The number of nitrogens with zero attached hydrogens (tertiary/aromatic N) is 2. The Morgan fingerprint density at radius 1 is 1.32 bits per heavy atom. The third-order valence-electron chi connectivity index (χ3n) is 3.35. The largest absolute Gasteiger partial charge is 0.352 e. The van der Waals surface area contributed by atoms with Gasteiger partial charge in [0.25, 0.3) is 0 Å². The molecule has 2 aromatic rings. The third-order valence-corrected chi connectivity index (χ3v) is 4.57. The number of rotatable bonds is 3. The molecular formula is C15H19N3S. The van der Waals surface area contributed by atoms with Crippen LogP contribution in [0.2, 0.25) is 0 Å². The van der Waals surface area contributed by atoms with E-state index in [1.165, 1.54) is 24.3 Å². The van der Waals surface area contributed by atoms with Gasteiger partial charge in [-0.3, -0.25) is 4.57 Å². The van der Waals surface area contributed by atoms with E-state index in [9.17, 15) is 0 Å². The predicted octanol–water partition coefficient (Wildman–Crippen LogP) is 3.49. The van der Waals surface area contributed by atoms with Crippen molar-refractivity contribution in [1.82, 2.24) is 9.55 Å². The molecule has 0 bridgehead atoms. The number of hydrogen-bond acceptors (Lipinski definition) is 3. The molecule has 1 N–H and O–H groups in total.